The molecule has 5 nitrogen and oxygen atoms in total. The number of fused-ring (bicyclic) bond motifs is 1. The van der Waals surface area contributed by atoms with Crippen molar-refractivity contribution in [2.24, 2.45) is 0 Å². The fourth-order valence-electron chi connectivity index (χ4n) is 2.69. The molecule has 0 saturated carbocycles. The molecule has 26 heavy (non-hydrogen) atoms. The van der Waals surface area contributed by atoms with E-state index in [1.807, 2.05) is 6.07 Å². The third-order valence-electron chi connectivity index (χ3n) is 3.85. The van der Waals surface area contributed by atoms with E-state index in [1.165, 1.54) is 30.9 Å². The maximum absolute atomic E-state index is 14.9. The molecule has 8 heteroatoms. The fraction of sp³-hybridized carbons (Fsp3) is 0.167. The Morgan fingerprint density at radius 3 is 2.88 bits per heavy atom. The number of ether oxygens (including phenoxy) is 1. The molecular formula is C18H15BrFN3O2S. The summed E-state index contributed by atoms with van der Waals surface area (Å²) in [6.45, 7) is 1.28. The number of H-pyrrole nitrogens is 1. The monoisotopic (exact) mass is 435 g/mol. The number of nitrogens with zero attached hydrogens (tertiary/aromatic N) is 1. The average molecular weight is 436 g/mol. The summed E-state index contributed by atoms with van der Waals surface area (Å²) in [6.07, 6.45) is 4.05. The lowest BCUT2D eigenvalue weighted by Crippen LogP contribution is -2.13. The number of esters is 1. The van der Waals surface area contributed by atoms with Crippen LogP contribution in [0.15, 0.2) is 41.1 Å². The minimum Gasteiger partial charge on any atom is -0.453 e. The minimum atomic E-state index is -0.961. The Bertz CT molecular complexity index is 1010. The van der Waals surface area contributed by atoms with Gasteiger partial charge in [0.25, 0.3) is 0 Å². The van der Waals surface area contributed by atoms with E-state index in [1.54, 1.807) is 24.6 Å². The SMILES string of the molecule is CSC(=N)c1cc(C(OC(C)=O)c2c(F)cc3[nH]ccc3c2Br)ccn1. The Hall–Kier alpha value is -2.19. The highest BCUT2D eigenvalue weighted by Gasteiger charge is 2.26. The van der Waals surface area contributed by atoms with Crippen LogP contribution < -0.4 is 0 Å². The van der Waals surface area contributed by atoms with Crippen molar-refractivity contribution >= 4 is 49.6 Å². The Morgan fingerprint density at radius 2 is 2.19 bits per heavy atom. The molecule has 0 fully saturated rings. The van der Waals surface area contributed by atoms with Crippen LogP contribution >= 0.6 is 27.7 Å². The van der Waals surface area contributed by atoms with Gasteiger partial charge < -0.3 is 9.72 Å². The number of hydrogen-bond donors (Lipinski definition) is 2. The third-order valence-corrected chi connectivity index (χ3v) is 5.32. The largest absolute Gasteiger partial charge is 0.453 e. The molecule has 2 aromatic heterocycles. The summed E-state index contributed by atoms with van der Waals surface area (Å²) in [6, 6.07) is 6.48. The van der Waals surface area contributed by atoms with Gasteiger partial charge in [-0.2, -0.15) is 0 Å². The summed E-state index contributed by atoms with van der Waals surface area (Å²) in [4.78, 5) is 18.8. The zero-order valence-corrected chi connectivity index (χ0v) is 16.4. The standard InChI is InChI=1S/C18H15BrFN3O2S/c1-9(24)25-17(10-3-5-23-14(7-10)18(21)26-2)15-12(20)8-13-11(16(15)19)4-6-22-13/h3-8,17,21-22H,1-2H3. The first-order valence-corrected chi connectivity index (χ1v) is 9.65. The van der Waals surface area contributed by atoms with Gasteiger partial charge in [-0.3, -0.25) is 15.2 Å². The summed E-state index contributed by atoms with van der Waals surface area (Å²) in [7, 11) is 0. The van der Waals surface area contributed by atoms with E-state index >= 15 is 0 Å². The second-order valence-electron chi connectivity index (χ2n) is 5.52. The number of carbonyl (C=O) groups is 1. The molecule has 0 aliphatic rings. The zero-order valence-electron chi connectivity index (χ0n) is 14.0. The molecule has 1 atom stereocenters. The molecule has 0 radical (unpaired) electrons. The van der Waals surface area contributed by atoms with Crippen LogP contribution in [-0.4, -0.2) is 27.2 Å². The average Bonchev–Trinajstić information content (AvgIpc) is 3.08. The van der Waals surface area contributed by atoms with Gasteiger partial charge in [-0.1, -0.05) is 0 Å². The van der Waals surface area contributed by atoms with Crippen molar-refractivity contribution in [3.05, 3.63) is 63.8 Å². The van der Waals surface area contributed by atoms with Crippen LogP contribution in [0.2, 0.25) is 0 Å². The Balaban J connectivity index is 2.19. The second-order valence-corrected chi connectivity index (χ2v) is 7.13. The molecule has 0 aliphatic carbocycles. The van der Waals surface area contributed by atoms with Crippen LogP contribution in [0.5, 0.6) is 0 Å². The first-order valence-electron chi connectivity index (χ1n) is 7.63. The molecule has 1 aromatic carbocycles. The van der Waals surface area contributed by atoms with Crippen molar-refractivity contribution in [3.63, 3.8) is 0 Å². The van der Waals surface area contributed by atoms with E-state index in [9.17, 15) is 9.18 Å². The number of aromatic nitrogens is 2. The van der Waals surface area contributed by atoms with Crippen LogP contribution in [0, 0.1) is 11.2 Å². The van der Waals surface area contributed by atoms with Gasteiger partial charge in [0.15, 0.2) is 6.10 Å². The quantitative estimate of drug-likeness (QED) is 0.350. The van der Waals surface area contributed by atoms with Gasteiger partial charge in [-0.25, -0.2) is 4.39 Å². The number of aromatic amines is 1. The number of benzene rings is 1. The fourth-order valence-corrected chi connectivity index (χ4v) is 3.75. The predicted octanol–water partition coefficient (Wildman–Crippen LogP) is 4.81. The van der Waals surface area contributed by atoms with Gasteiger partial charge in [0, 0.05) is 45.8 Å². The molecule has 0 saturated heterocycles. The normalized spacial score (nSPS) is 12.2. The number of rotatable bonds is 4. The Labute approximate surface area is 162 Å². The minimum absolute atomic E-state index is 0.222. The first kappa shape index (κ1) is 18.6. The number of halogens is 2. The van der Waals surface area contributed by atoms with E-state index in [0.717, 1.165) is 5.39 Å². The number of nitrogens with one attached hydrogen (secondary N) is 2. The number of carbonyl (C=O) groups excluding carboxylic acids is 1. The highest BCUT2D eigenvalue weighted by atomic mass is 79.9. The van der Waals surface area contributed by atoms with Crippen molar-refractivity contribution in [2.75, 3.05) is 6.26 Å². The molecule has 2 heterocycles. The van der Waals surface area contributed by atoms with Crippen molar-refractivity contribution in [3.8, 4) is 0 Å². The molecule has 2 N–H and O–H groups in total. The van der Waals surface area contributed by atoms with Crippen molar-refractivity contribution in [1.82, 2.24) is 9.97 Å². The van der Waals surface area contributed by atoms with Gasteiger partial charge in [-0.05, 0) is 46.5 Å². The lowest BCUT2D eigenvalue weighted by Gasteiger charge is -2.21. The van der Waals surface area contributed by atoms with Crippen molar-refractivity contribution < 1.29 is 13.9 Å². The van der Waals surface area contributed by atoms with Crippen molar-refractivity contribution in [1.29, 1.82) is 5.41 Å². The summed E-state index contributed by atoms with van der Waals surface area (Å²) >= 11 is 4.69. The molecule has 0 spiro atoms. The van der Waals surface area contributed by atoms with Crippen LogP contribution in [0.4, 0.5) is 4.39 Å². The summed E-state index contributed by atoms with van der Waals surface area (Å²) in [5.74, 6) is -1.04. The summed E-state index contributed by atoms with van der Waals surface area (Å²) < 4.78 is 20.8. The number of thioether (sulfide) groups is 1. The van der Waals surface area contributed by atoms with Crippen LogP contribution in [0.25, 0.3) is 10.9 Å². The number of pyridine rings is 1. The second kappa shape index (κ2) is 7.59. The number of hydrogen-bond acceptors (Lipinski definition) is 5. The maximum Gasteiger partial charge on any atom is 0.303 e. The van der Waals surface area contributed by atoms with Crippen molar-refractivity contribution in [2.45, 2.75) is 13.0 Å². The molecule has 0 bridgehead atoms. The van der Waals surface area contributed by atoms with Crippen LogP contribution in [-0.2, 0) is 9.53 Å². The summed E-state index contributed by atoms with van der Waals surface area (Å²) in [5, 5.41) is 8.99. The highest BCUT2D eigenvalue weighted by molar-refractivity contribution is 9.10. The van der Waals surface area contributed by atoms with E-state index in [-0.39, 0.29) is 10.6 Å². The highest BCUT2D eigenvalue weighted by Crippen LogP contribution is 2.38. The van der Waals surface area contributed by atoms with E-state index in [0.29, 0.717) is 21.2 Å². The molecule has 3 aromatic rings. The Morgan fingerprint density at radius 1 is 1.42 bits per heavy atom. The van der Waals surface area contributed by atoms with E-state index in [4.69, 9.17) is 10.1 Å². The van der Waals surface area contributed by atoms with Gasteiger partial charge in [0.05, 0.1) is 5.69 Å². The van der Waals surface area contributed by atoms with E-state index in [2.05, 4.69) is 25.9 Å². The summed E-state index contributed by atoms with van der Waals surface area (Å²) in [5.41, 5.74) is 1.84. The van der Waals surface area contributed by atoms with Crippen LogP contribution in [0.3, 0.4) is 0 Å². The molecule has 1 unspecified atom stereocenters. The molecule has 0 amide bonds. The van der Waals surface area contributed by atoms with Gasteiger partial charge in [-0.15, -0.1) is 11.8 Å². The third kappa shape index (κ3) is 3.52. The van der Waals surface area contributed by atoms with Gasteiger partial charge >= 0.3 is 5.97 Å². The molecule has 3 rings (SSSR count). The lowest BCUT2D eigenvalue weighted by atomic mass is 9.99. The zero-order chi connectivity index (χ0) is 18.8. The molecular weight excluding hydrogens is 421 g/mol. The first-order chi connectivity index (χ1) is 12.4. The smallest absolute Gasteiger partial charge is 0.303 e. The molecule has 0 aliphatic heterocycles. The van der Waals surface area contributed by atoms with Gasteiger partial charge in [0.1, 0.15) is 10.9 Å². The maximum atomic E-state index is 14.9. The van der Waals surface area contributed by atoms with E-state index < -0.39 is 17.9 Å². The van der Waals surface area contributed by atoms with Gasteiger partial charge in [0.2, 0.25) is 0 Å². The molecule has 134 valence electrons. The topological polar surface area (TPSA) is 78.8 Å². The lowest BCUT2D eigenvalue weighted by molar-refractivity contribution is -0.144. The van der Waals surface area contributed by atoms with Crippen LogP contribution in [0.1, 0.15) is 29.8 Å². The Kier molecular flexibility index (Phi) is 5.43. The predicted molar refractivity (Wildman–Crippen MR) is 104 cm³/mol.